The molecule has 4 aromatic rings. The van der Waals surface area contributed by atoms with Crippen molar-refractivity contribution in [3.05, 3.63) is 59.0 Å². The number of nitriles is 1. The van der Waals surface area contributed by atoms with Crippen LogP contribution in [0, 0.1) is 17.1 Å². The van der Waals surface area contributed by atoms with Gasteiger partial charge in [-0.25, -0.2) is 14.4 Å². The minimum absolute atomic E-state index is 0.0356. The Morgan fingerprint density at radius 1 is 0.974 bits per heavy atom. The number of likely N-dealkylation sites (tertiary alicyclic amines) is 1. The second kappa shape index (κ2) is 10.1. The molecule has 38 heavy (non-hydrogen) atoms. The number of hydrogen-bond donors (Lipinski definition) is 0. The van der Waals surface area contributed by atoms with Crippen LogP contribution in [-0.2, 0) is 0 Å². The van der Waals surface area contributed by atoms with E-state index in [-0.39, 0.29) is 17.4 Å². The average molecular weight is 513 g/mol. The maximum atomic E-state index is 15.4. The number of piperazine rings is 1. The monoisotopic (exact) mass is 512 g/mol. The molecule has 5 heterocycles. The molecule has 3 aromatic heterocycles. The van der Waals surface area contributed by atoms with Gasteiger partial charge in [0.25, 0.3) is 5.56 Å². The van der Waals surface area contributed by atoms with Gasteiger partial charge in [-0.3, -0.25) is 14.7 Å². The number of halogens is 1. The Labute approximate surface area is 219 Å². The second-order valence-electron chi connectivity index (χ2n) is 10.2. The molecule has 0 radical (unpaired) electrons. The minimum Gasteiger partial charge on any atom is -0.354 e. The van der Waals surface area contributed by atoms with Crippen molar-refractivity contribution in [2.75, 3.05) is 57.8 Å². The summed E-state index contributed by atoms with van der Waals surface area (Å²) in [6.45, 7) is 5.64. The van der Waals surface area contributed by atoms with Gasteiger partial charge in [0.15, 0.2) is 0 Å². The first-order chi connectivity index (χ1) is 18.5. The summed E-state index contributed by atoms with van der Waals surface area (Å²) >= 11 is 0. The zero-order valence-corrected chi connectivity index (χ0v) is 21.3. The summed E-state index contributed by atoms with van der Waals surface area (Å²) in [5, 5.41) is 9.72. The molecule has 0 atom stereocenters. The molecular weight excluding hydrogens is 483 g/mol. The zero-order valence-electron chi connectivity index (χ0n) is 21.3. The zero-order chi connectivity index (χ0) is 26.2. The van der Waals surface area contributed by atoms with Gasteiger partial charge in [-0.2, -0.15) is 5.26 Å². The van der Waals surface area contributed by atoms with Crippen LogP contribution in [0.1, 0.15) is 18.9 Å². The van der Waals surface area contributed by atoms with E-state index in [1.54, 1.807) is 23.0 Å². The average Bonchev–Trinajstić information content (AvgIpc) is 2.94. The molecule has 0 bridgehead atoms. The van der Waals surface area contributed by atoms with Crippen LogP contribution in [0.4, 0.5) is 10.2 Å². The molecule has 6 rings (SSSR count). The number of benzene rings is 1. The van der Waals surface area contributed by atoms with Crippen molar-refractivity contribution in [3.63, 3.8) is 0 Å². The van der Waals surface area contributed by atoms with E-state index in [9.17, 15) is 4.79 Å². The first kappa shape index (κ1) is 24.4. The van der Waals surface area contributed by atoms with Crippen LogP contribution in [0.25, 0.3) is 33.1 Å². The molecule has 1 aromatic carbocycles. The molecule has 2 aliphatic rings. The molecule has 10 heteroatoms. The van der Waals surface area contributed by atoms with Crippen molar-refractivity contribution >= 4 is 27.8 Å². The van der Waals surface area contributed by atoms with E-state index >= 15 is 4.39 Å². The molecule has 2 aliphatic heterocycles. The quantitative estimate of drug-likeness (QED) is 0.304. The van der Waals surface area contributed by atoms with Crippen molar-refractivity contribution in [3.8, 4) is 17.2 Å². The molecular formula is C28H29FN8O. The third-order valence-electron chi connectivity index (χ3n) is 7.80. The van der Waals surface area contributed by atoms with E-state index in [1.165, 1.54) is 12.3 Å². The normalized spacial score (nSPS) is 17.8. The molecule has 0 unspecified atom stereocenters. The molecule has 0 amide bonds. The number of aromatic nitrogens is 4. The van der Waals surface area contributed by atoms with Gasteiger partial charge in [-0.1, -0.05) is 0 Å². The fourth-order valence-corrected chi connectivity index (χ4v) is 5.62. The van der Waals surface area contributed by atoms with Crippen molar-refractivity contribution < 1.29 is 4.39 Å². The van der Waals surface area contributed by atoms with Crippen LogP contribution >= 0.6 is 0 Å². The summed E-state index contributed by atoms with van der Waals surface area (Å²) in [7, 11) is 2.11. The van der Waals surface area contributed by atoms with Crippen molar-refractivity contribution in [1.29, 1.82) is 5.26 Å². The number of nitrogens with zero attached hydrogens (tertiary/aromatic N) is 8. The second-order valence-corrected chi connectivity index (χ2v) is 10.2. The van der Waals surface area contributed by atoms with Crippen molar-refractivity contribution in [1.82, 2.24) is 29.3 Å². The van der Waals surface area contributed by atoms with Gasteiger partial charge in [-0.15, -0.1) is 0 Å². The number of anilines is 1. The lowest BCUT2D eigenvalue weighted by molar-refractivity contribution is 0.205. The molecule has 0 N–H and O–H groups in total. The van der Waals surface area contributed by atoms with Gasteiger partial charge in [0.1, 0.15) is 17.2 Å². The SMILES string of the molecule is CN1CCN(c2ccc(-c3cc4c(cc3F)ncc3ncc(=O)n(C5CCN(CC#N)CC5)c34)cn2)CC1. The molecule has 194 valence electrons. The highest BCUT2D eigenvalue weighted by Gasteiger charge is 2.24. The lowest BCUT2D eigenvalue weighted by Crippen LogP contribution is -2.44. The molecule has 9 nitrogen and oxygen atoms in total. The van der Waals surface area contributed by atoms with E-state index in [1.807, 2.05) is 12.1 Å². The van der Waals surface area contributed by atoms with Crippen LogP contribution < -0.4 is 10.5 Å². The molecule has 2 fully saturated rings. The fraction of sp³-hybridized carbons (Fsp3) is 0.393. The first-order valence-corrected chi connectivity index (χ1v) is 13.0. The summed E-state index contributed by atoms with van der Waals surface area (Å²) in [4.78, 5) is 33.2. The Balaban J connectivity index is 1.41. The number of likely N-dealkylation sites (N-methyl/N-ethyl adjacent to an activating group) is 1. The summed E-state index contributed by atoms with van der Waals surface area (Å²) in [5.41, 5.74) is 2.64. The molecule has 0 aliphatic carbocycles. The van der Waals surface area contributed by atoms with Crippen LogP contribution in [0.5, 0.6) is 0 Å². The number of piperidine rings is 1. The lowest BCUT2D eigenvalue weighted by Gasteiger charge is -2.33. The largest absolute Gasteiger partial charge is 0.354 e. The predicted octanol–water partition coefficient (Wildman–Crippen LogP) is 3.06. The molecule has 0 saturated carbocycles. The maximum absolute atomic E-state index is 15.4. The van der Waals surface area contributed by atoms with Gasteiger partial charge in [0.2, 0.25) is 0 Å². The third kappa shape index (κ3) is 4.48. The van der Waals surface area contributed by atoms with E-state index < -0.39 is 0 Å². The summed E-state index contributed by atoms with van der Waals surface area (Å²) in [6.07, 6.45) is 6.14. The molecule has 0 spiro atoms. The predicted molar refractivity (Wildman–Crippen MR) is 145 cm³/mol. The van der Waals surface area contributed by atoms with Crippen LogP contribution in [0.15, 0.2) is 47.7 Å². The smallest absolute Gasteiger partial charge is 0.269 e. The van der Waals surface area contributed by atoms with Crippen molar-refractivity contribution in [2.24, 2.45) is 0 Å². The lowest BCUT2D eigenvalue weighted by atomic mass is 10.0. The first-order valence-electron chi connectivity index (χ1n) is 13.0. The fourth-order valence-electron chi connectivity index (χ4n) is 5.62. The van der Waals surface area contributed by atoms with Gasteiger partial charge in [0.05, 0.1) is 36.0 Å². The Hall–Kier alpha value is -3.94. The Kier molecular flexibility index (Phi) is 6.47. The van der Waals surface area contributed by atoms with E-state index in [0.29, 0.717) is 39.6 Å². The number of fused-ring (bicyclic) bond motifs is 3. The standard InChI is InChI=1S/C28H29FN8O/c1-34-10-12-36(13-11-34)26-3-2-19(16-33-26)21-14-22-24(15-23(21)29)31-17-25-28(22)37(27(38)18-32-25)20-4-7-35(8-5-20)9-6-30/h2-3,14-18,20H,4-5,7-13H2,1H3. The van der Waals surface area contributed by atoms with Crippen LogP contribution in [0.2, 0.25) is 0 Å². The van der Waals surface area contributed by atoms with Crippen LogP contribution in [-0.4, -0.2) is 82.2 Å². The van der Waals surface area contributed by atoms with E-state index in [2.05, 4.69) is 42.8 Å². The third-order valence-corrected chi connectivity index (χ3v) is 7.80. The molecule has 2 saturated heterocycles. The van der Waals surface area contributed by atoms with Gasteiger partial charge in [-0.05, 0) is 38.1 Å². The highest BCUT2D eigenvalue weighted by atomic mass is 19.1. The number of hydrogen-bond acceptors (Lipinski definition) is 8. The van der Waals surface area contributed by atoms with Gasteiger partial charge in [0, 0.05) is 74.1 Å². The van der Waals surface area contributed by atoms with Crippen LogP contribution in [0.3, 0.4) is 0 Å². The highest BCUT2D eigenvalue weighted by Crippen LogP contribution is 2.33. The summed E-state index contributed by atoms with van der Waals surface area (Å²) in [5.74, 6) is 0.497. The Morgan fingerprint density at radius 3 is 2.45 bits per heavy atom. The van der Waals surface area contributed by atoms with Gasteiger partial charge < -0.3 is 14.4 Å². The maximum Gasteiger partial charge on any atom is 0.269 e. The van der Waals surface area contributed by atoms with Crippen molar-refractivity contribution in [2.45, 2.75) is 18.9 Å². The van der Waals surface area contributed by atoms with Gasteiger partial charge >= 0.3 is 0 Å². The topological polar surface area (TPSA) is 94.2 Å². The van der Waals surface area contributed by atoms with E-state index in [4.69, 9.17) is 5.26 Å². The summed E-state index contributed by atoms with van der Waals surface area (Å²) < 4.78 is 17.2. The summed E-state index contributed by atoms with van der Waals surface area (Å²) in [6, 6.07) is 9.21. The Bertz CT molecular complexity index is 1580. The minimum atomic E-state index is -0.388. The highest BCUT2D eigenvalue weighted by molar-refractivity contribution is 6.03. The number of pyridine rings is 2. The number of rotatable bonds is 4. The Morgan fingerprint density at radius 2 is 1.74 bits per heavy atom. The van der Waals surface area contributed by atoms with E-state index in [0.717, 1.165) is 57.9 Å².